The van der Waals surface area contributed by atoms with E-state index in [1.807, 2.05) is 11.6 Å². The number of ether oxygens (including phenoxy) is 1. The second kappa shape index (κ2) is 8.58. The number of nitrogens with one attached hydrogen (secondary N) is 1. The SMILES string of the molecule is CCS(=O)Nc1ccc(Oc2ccc(F)cc2F)c(-c2cn(C)c(=O)c3ccn(C)c23)c1. The molecule has 1 atom stereocenters. The molecular formula is C23H21F2N3O3S. The van der Waals surface area contributed by atoms with Gasteiger partial charge in [-0.3, -0.25) is 4.79 Å². The van der Waals surface area contributed by atoms with Crippen LogP contribution in [0.25, 0.3) is 22.0 Å². The summed E-state index contributed by atoms with van der Waals surface area (Å²) >= 11 is 0. The van der Waals surface area contributed by atoms with Gasteiger partial charge >= 0.3 is 0 Å². The van der Waals surface area contributed by atoms with Crippen LogP contribution >= 0.6 is 0 Å². The average Bonchev–Trinajstić information content (AvgIpc) is 3.15. The van der Waals surface area contributed by atoms with Crippen molar-refractivity contribution in [3.8, 4) is 22.6 Å². The summed E-state index contributed by atoms with van der Waals surface area (Å²) in [6.07, 6.45) is 3.46. The van der Waals surface area contributed by atoms with E-state index in [9.17, 15) is 17.8 Å². The van der Waals surface area contributed by atoms with Gasteiger partial charge in [0.05, 0.1) is 10.9 Å². The Labute approximate surface area is 185 Å². The molecule has 9 heteroatoms. The highest BCUT2D eigenvalue weighted by Gasteiger charge is 2.18. The number of aryl methyl sites for hydroxylation is 2. The van der Waals surface area contributed by atoms with Gasteiger partial charge in [-0.05, 0) is 36.4 Å². The van der Waals surface area contributed by atoms with Crippen molar-refractivity contribution in [2.45, 2.75) is 6.92 Å². The van der Waals surface area contributed by atoms with Crippen LogP contribution in [0.2, 0.25) is 0 Å². The molecule has 0 bridgehead atoms. The van der Waals surface area contributed by atoms with Crippen LogP contribution in [0.5, 0.6) is 11.5 Å². The van der Waals surface area contributed by atoms with Crippen LogP contribution in [0.3, 0.4) is 0 Å². The van der Waals surface area contributed by atoms with Gasteiger partial charge < -0.3 is 18.6 Å². The number of benzene rings is 2. The van der Waals surface area contributed by atoms with Crippen LogP contribution < -0.4 is 15.0 Å². The Morgan fingerprint density at radius 1 is 1.00 bits per heavy atom. The van der Waals surface area contributed by atoms with Crippen molar-refractivity contribution in [3.05, 3.63) is 76.8 Å². The lowest BCUT2D eigenvalue weighted by Gasteiger charge is -2.16. The van der Waals surface area contributed by atoms with Crippen LogP contribution in [0, 0.1) is 11.6 Å². The first kappa shape index (κ1) is 21.8. The molecule has 0 fully saturated rings. The Hall–Kier alpha value is -3.46. The van der Waals surface area contributed by atoms with Crippen molar-refractivity contribution in [1.29, 1.82) is 0 Å². The molecule has 0 amide bonds. The molecule has 166 valence electrons. The summed E-state index contributed by atoms with van der Waals surface area (Å²) in [5, 5.41) is 0.516. The van der Waals surface area contributed by atoms with E-state index in [4.69, 9.17) is 4.74 Å². The monoisotopic (exact) mass is 457 g/mol. The highest BCUT2D eigenvalue weighted by molar-refractivity contribution is 7.86. The first-order valence-electron chi connectivity index (χ1n) is 9.85. The maximum Gasteiger partial charge on any atom is 0.259 e. The third-order valence-corrected chi connectivity index (χ3v) is 6.07. The van der Waals surface area contributed by atoms with Crippen LogP contribution in [0.4, 0.5) is 14.5 Å². The fraction of sp³-hybridized carbons (Fsp3) is 0.174. The summed E-state index contributed by atoms with van der Waals surface area (Å²) in [7, 11) is 2.19. The Bertz CT molecular complexity index is 1410. The summed E-state index contributed by atoms with van der Waals surface area (Å²) in [4.78, 5) is 12.6. The standard InChI is InChI=1S/C23H21F2N3O3S/c1-4-32(30)26-15-6-8-20(31-21-7-5-14(24)11-19(21)25)17(12-15)18-13-28(3)23(29)16-9-10-27(2)22(16)18/h5-13,26H,4H2,1-3H3. The van der Waals surface area contributed by atoms with Crippen LogP contribution in [-0.4, -0.2) is 19.1 Å². The van der Waals surface area contributed by atoms with Gasteiger partial charge in [0.1, 0.15) is 22.6 Å². The maximum absolute atomic E-state index is 14.3. The fourth-order valence-electron chi connectivity index (χ4n) is 3.51. The summed E-state index contributed by atoms with van der Waals surface area (Å²) in [5.74, 6) is -0.978. The van der Waals surface area contributed by atoms with E-state index >= 15 is 0 Å². The van der Waals surface area contributed by atoms with E-state index in [1.54, 1.807) is 50.6 Å². The summed E-state index contributed by atoms with van der Waals surface area (Å²) in [6.45, 7) is 1.79. The van der Waals surface area contributed by atoms with Gasteiger partial charge in [0.15, 0.2) is 11.6 Å². The van der Waals surface area contributed by atoms with Gasteiger partial charge in [-0.25, -0.2) is 13.0 Å². The van der Waals surface area contributed by atoms with Crippen molar-refractivity contribution < 1.29 is 17.7 Å². The zero-order valence-electron chi connectivity index (χ0n) is 17.7. The largest absolute Gasteiger partial charge is 0.454 e. The molecule has 0 saturated carbocycles. The number of nitrogens with zero attached hydrogens (tertiary/aromatic N) is 2. The Balaban J connectivity index is 1.94. The second-order valence-electron chi connectivity index (χ2n) is 7.27. The molecule has 6 nitrogen and oxygen atoms in total. The first-order valence-corrected chi connectivity index (χ1v) is 11.2. The van der Waals surface area contributed by atoms with E-state index in [1.165, 1.54) is 10.6 Å². The van der Waals surface area contributed by atoms with Crippen LogP contribution in [0.15, 0.2) is 59.7 Å². The molecule has 4 rings (SSSR count). The third-order valence-electron chi connectivity index (χ3n) is 5.08. The number of halogens is 2. The molecule has 2 heterocycles. The van der Waals surface area contributed by atoms with Gasteiger partial charge in [0.2, 0.25) is 0 Å². The van der Waals surface area contributed by atoms with Gasteiger partial charge in [-0.15, -0.1) is 0 Å². The number of anilines is 1. The number of fused-ring (bicyclic) bond motifs is 1. The van der Waals surface area contributed by atoms with Crippen molar-refractivity contribution in [1.82, 2.24) is 9.13 Å². The molecule has 0 saturated heterocycles. The van der Waals surface area contributed by atoms with Crippen molar-refractivity contribution >= 4 is 27.6 Å². The zero-order valence-corrected chi connectivity index (χ0v) is 18.5. The van der Waals surface area contributed by atoms with Gasteiger partial charge in [0, 0.05) is 55.1 Å². The molecule has 2 aromatic heterocycles. The maximum atomic E-state index is 14.3. The second-order valence-corrected chi connectivity index (χ2v) is 8.74. The lowest BCUT2D eigenvalue weighted by molar-refractivity contribution is 0.439. The Morgan fingerprint density at radius 3 is 2.47 bits per heavy atom. The number of hydrogen-bond acceptors (Lipinski definition) is 3. The fourth-order valence-corrected chi connectivity index (χ4v) is 4.05. The Kier molecular flexibility index (Phi) is 5.84. The number of aromatic nitrogens is 2. The predicted molar refractivity (Wildman–Crippen MR) is 122 cm³/mol. The number of rotatable bonds is 6. The van der Waals surface area contributed by atoms with Crippen molar-refractivity contribution in [2.24, 2.45) is 14.1 Å². The molecule has 1 unspecified atom stereocenters. The molecule has 0 radical (unpaired) electrons. The molecule has 0 aliphatic carbocycles. The van der Waals surface area contributed by atoms with Crippen LogP contribution in [-0.2, 0) is 25.1 Å². The summed E-state index contributed by atoms with van der Waals surface area (Å²) < 4.78 is 51.7. The molecular weight excluding hydrogens is 436 g/mol. The molecule has 0 aliphatic rings. The normalized spacial score (nSPS) is 12.2. The third kappa shape index (κ3) is 4.03. The summed E-state index contributed by atoms with van der Waals surface area (Å²) in [5.41, 5.74) is 2.31. The molecule has 2 aromatic carbocycles. The lowest BCUT2D eigenvalue weighted by Crippen LogP contribution is -2.16. The number of hydrogen-bond donors (Lipinski definition) is 1. The van der Waals surface area contributed by atoms with Gasteiger partial charge in [0.25, 0.3) is 5.56 Å². The van der Waals surface area contributed by atoms with E-state index in [0.29, 0.717) is 39.2 Å². The van der Waals surface area contributed by atoms with Gasteiger partial charge in [-0.1, -0.05) is 6.92 Å². The van der Waals surface area contributed by atoms with E-state index in [-0.39, 0.29) is 11.3 Å². The predicted octanol–water partition coefficient (Wildman–Crippen LogP) is 4.71. The molecule has 0 aliphatic heterocycles. The van der Waals surface area contributed by atoms with Crippen molar-refractivity contribution in [3.63, 3.8) is 0 Å². The quantitative estimate of drug-likeness (QED) is 0.456. The summed E-state index contributed by atoms with van der Waals surface area (Å²) in [6, 6.07) is 9.82. The van der Waals surface area contributed by atoms with Gasteiger partial charge in [-0.2, -0.15) is 0 Å². The van der Waals surface area contributed by atoms with E-state index in [2.05, 4.69) is 4.72 Å². The topological polar surface area (TPSA) is 65.3 Å². The Morgan fingerprint density at radius 2 is 1.75 bits per heavy atom. The zero-order chi connectivity index (χ0) is 23.0. The highest BCUT2D eigenvalue weighted by Crippen LogP contribution is 2.39. The molecule has 0 spiro atoms. The minimum Gasteiger partial charge on any atom is -0.454 e. The number of pyridine rings is 1. The average molecular weight is 458 g/mol. The minimum absolute atomic E-state index is 0.140. The van der Waals surface area contributed by atoms with E-state index < -0.39 is 22.6 Å². The first-order chi connectivity index (χ1) is 15.3. The lowest BCUT2D eigenvalue weighted by atomic mass is 10.0. The molecule has 1 N–H and O–H groups in total. The van der Waals surface area contributed by atoms with E-state index in [0.717, 1.165) is 12.1 Å². The highest BCUT2D eigenvalue weighted by atomic mass is 32.2. The molecule has 4 aromatic rings. The smallest absolute Gasteiger partial charge is 0.259 e. The minimum atomic E-state index is -1.28. The van der Waals surface area contributed by atoms with Crippen molar-refractivity contribution in [2.75, 3.05) is 10.5 Å². The van der Waals surface area contributed by atoms with Crippen LogP contribution in [0.1, 0.15) is 6.92 Å². The molecule has 32 heavy (non-hydrogen) atoms.